The van der Waals surface area contributed by atoms with Gasteiger partial charge in [-0.25, -0.2) is 0 Å². The van der Waals surface area contributed by atoms with Crippen molar-refractivity contribution in [2.24, 2.45) is 10.8 Å². The van der Waals surface area contributed by atoms with Crippen LogP contribution in [0.25, 0.3) is 0 Å². The SMILES string of the molecule is NC(=S)N/N=C/c1cccc(CN2CCC[C@H]2C(=O)O)n1. The van der Waals surface area contributed by atoms with E-state index in [4.69, 9.17) is 10.8 Å². The van der Waals surface area contributed by atoms with E-state index in [1.807, 2.05) is 17.0 Å². The molecule has 1 aromatic heterocycles. The summed E-state index contributed by atoms with van der Waals surface area (Å²) >= 11 is 4.64. The molecule has 0 spiro atoms. The van der Waals surface area contributed by atoms with E-state index in [1.165, 1.54) is 6.21 Å². The van der Waals surface area contributed by atoms with E-state index < -0.39 is 12.0 Å². The maximum absolute atomic E-state index is 11.2. The molecule has 1 fully saturated rings. The van der Waals surface area contributed by atoms with Gasteiger partial charge in [0.2, 0.25) is 0 Å². The molecule has 2 heterocycles. The molecule has 8 heteroatoms. The number of carboxylic acid groups (broad SMARTS) is 1. The van der Waals surface area contributed by atoms with Crippen molar-refractivity contribution in [1.29, 1.82) is 0 Å². The molecule has 7 nitrogen and oxygen atoms in total. The zero-order valence-electron chi connectivity index (χ0n) is 11.4. The molecular weight excluding hydrogens is 290 g/mol. The lowest BCUT2D eigenvalue weighted by Crippen LogP contribution is -2.35. The van der Waals surface area contributed by atoms with Gasteiger partial charge < -0.3 is 10.8 Å². The molecule has 4 N–H and O–H groups in total. The largest absolute Gasteiger partial charge is 0.480 e. The Hall–Kier alpha value is -2.06. The first-order valence-corrected chi connectivity index (χ1v) is 6.98. The number of pyridine rings is 1. The number of carbonyl (C=O) groups is 1. The number of hydrazone groups is 1. The minimum Gasteiger partial charge on any atom is -0.480 e. The highest BCUT2D eigenvalue weighted by molar-refractivity contribution is 7.80. The molecule has 0 aromatic carbocycles. The van der Waals surface area contributed by atoms with E-state index in [0.717, 1.165) is 18.7 Å². The highest BCUT2D eigenvalue weighted by Gasteiger charge is 2.30. The fourth-order valence-electron chi connectivity index (χ4n) is 2.32. The van der Waals surface area contributed by atoms with Crippen molar-refractivity contribution >= 4 is 29.5 Å². The highest BCUT2D eigenvalue weighted by Crippen LogP contribution is 2.19. The standard InChI is InChI=1S/C13H17N5O2S/c14-13(21)17-15-7-9-3-1-4-10(16-9)8-18-6-2-5-11(18)12(19)20/h1,3-4,7,11H,2,5-6,8H2,(H,19,20)(H3,14,17,21)/b15-7+/t11-/m0/s1. The number of hydrogen-bond donors (Lipinski definition) is 3. The van der Waals surface area contributed by atoms with Gasteiger partial charge in [0.15, 0.2) is 5.11 Å². The molecule has 1 aliphatic rings. The van der Waals surface area contributed by atoms with E-state index in [0.29, 0.717) is 18.7 Å². The van der Waals surface area contributed by atoms with Crippen molar-refractivity contribution in [2.45, 2.75) is 25.4 Å². The third-order valence-corrected chi connectivity index (χ3v) is 3.30. The molecule has 2 rings (SSSR count). The van der Waals surface area contributed by atoms with Gasteiger partial charge in [-0.15, -0.1) is 0 Å². The molecule has 21 heavy (non-hydrogen) atoms. The van der Waals surface area contributed by atoms with Crippen LogP contribution in [0.1, 0.15) is 24.2 Å². The lowest BCUT2D eigenvalue weighted by Gasteiger charge is -2.20. The molecule has 1 aromatic rings. The van der Waals surface area contributed by atoms with Crippen LogP contribution in [0, 0.1) is 0 Å². The van der Waals surface area contributed by atoms with Gasteiger partial charge in [0.05, 0.1) is 17.6 Å². The molecule has 0 saturated carbocycles. The number of aromatic nitrogens is 1. The number of carboxylic acids is 1. The Morgan fingerprint density at radius 1 is 1.67 bits per heavy atom. The summed E-state index contributed by atoms with van der Waals surface area (Å²) in [7, 11) is 0. The Kier molecular flexibility index (Phi) is 5.18. The second-order valence-corrected chi connectivity index (χ2v) is 5.19. The molecule has 0 amide bonds. The average molecular weight is 307 g/mol. The van der Waals surface area contributed by atoms with E-state index in [-0.39, 0.29) is 5.11 Å². The number of likely N-dealkylation sites (tertiary alicyclic amines) is 1. The maximum atomic E-state index is 11.2. The monoisotopic (exact) mass is 307 g/mol. The van der Waals surface area contributed by atoms with Crippen molar-refractivity contribution in [1.82, 2.24) is 15.3 Å². The number of hydrogen-bond acceptors (Lipinski definition) is 5. The summed E-state index contributed by atoms with van der Waals surface area (Å²) in [6, 6.07) is 5.11. The zero-order valence-corrected chi connectivity index (χ0v) is 12.2. The first-order chi connectivity index (χ1) is 10.1. The minimum absolute atomic E-state index is 0.0868. The molecular formula is C13H17N5O2S. The Bertz CT molecular complexity index is 563. The van der Waals surface area contributed by atoms with Gasteiger partial charge in [-0.1, -0.05) is 6.07 Å². The van der Waals surface area contributed by atoms with Crippen molar-refractivity contribution in [3.05, 3.63) is 29.6 Å². The van der Waals surface area contributed by atoms with Crippen LogP contribution in [0.15, 0.2) is 23.3 Å². The first-order valence-electron chi connectivity index (χ1n) is 6.57. The number of nitrogens with one attached hydrogen (secondary N) is 1. The third kappa shape index (κ3) is 4.47. The highest BCUT2D eigenvalue weighted by atomic mass is 32.1. The summed E-state index contributed by atoms with van der Waals surface area (Å²) in [4.78, 5) is 17.5. The summed E-state index contributed by atoms with van der Waals surface area (Å²) in [6.07, 6.45) is 3.10. The number of nitrogens with zero attached hydrogens (tertiary/aromatic N) is 3. The second kappa shape index (κ2) is 7.09. The second-order valence-electron chi connectivity index (χ2n) is 4.75. The van der Waals surface area contributed by atoms with Crippen LogP contribution in [-0.2, 0) is 11.3 Å². The van der Waals surface area contributed by atoms with Crippen LogP contribution in [0.3, 0.4) is 0 Å². The fourth-order valence-corrected chi connectivity index (χ4v) is 2.38. The molecule has 0 aliphatic carbocycles. The van der Waals surface area contributed by atoms with E-state index in [1.54, 1.807) is 6.07 Å². The number of nitrogens with two attached hydrogens (primary N) is 1. The third-order valence-electron chi connectivity index (χ3n) is 3.21. The summed E-state index contributed by atoms with van der Waals surface area (Å²) in [5.41, 5.74) is 9.18. The fraction of sp³-hybridized carbons (Fsp3) is 0.385. The van der Waals surface area contributed by atoms with Crippen LogP contribution >= 0.6 is 12.2 Å². The zero-order chi connectivity index (χ0) is 15.2. The predicted octanol–water partition coefficient (Wildman–Crippen LogP) is 0.298. The lowest BCUT2D eigenvalue weighted by molar-refractivity contribution is -0.142. The van der Waals surface area contributed by atoms with Crippen LogP contribution in [0.5, 0.6) is 0 Å². The smallest absolute Gasteiger partial charge is 0.320 e. The lowest BCUT2D eigenvalue weighted by atomic mass is 10.2. The number of rotatable bonds is 5. The summed E-state index contributed by atoms with van der Waals surface area (Å²) in [5.74, 6) is -0.772. The Balaban J connectivity index is 2.02. The number of aliphatic carboxylic acids is 1. The quantitative estimate of drug-likeness (QED) is 0.408. The molecule has 1 aliphatic heterocycles. The van der Waals surface area contributed by atoms with Crippen LogP contribution < -0.4 is 11.2 Å². The molecule has 0 bridgehead atoms. The Morgan fingerprint density at radius 3 is 3.19 bits per heavy atom. The average Bonchev–Trinajstić information content (AvgIpc) is 2.87. The number of thiocarbonyl (C=S) groups is 1. The van der Waals surface area contributed by atoms with Crippen molar-refractivity contribution in [3.8, 4) is 0 Å². The van der Waals surface area contributed by atoms with Gasteiger partial charge in [-0.2, -0.15) is 5.10 Å². The van der Waals surface area contributed by atoms with Crippen LogP contribution in [-0.4, -0.2) is 44.9 Å². The minimum atomic E-state index is -0.772. The topological polar surface area (TPSA) is 104 Å². The van der Waals surface area contributed by atoms with E-state index in [2.05, 4.69) is 27.7 Å². The van der Waals surface area contributed by atoms with Crippen molar-refractivity contribution in [3.63, 3.8) is 0 Å². The van der Waals surface area contributed by atoms with Gasteiger partial charge >= 0.3 is 5.97 Å². The molecule has 1 saturated heterocycles. The van der Waals surface area contributed by atoms with Gasteiger partial charge in [0.25, 0.3) is 0 Å². The molecule has 112 valence electrons. The van der Waals surface area contributed by atoms with Gasteiger partial charge in [0, 0.05) is 6.54 Å². The normalized spacial score (nSPS) is 19.0. The van der Waals surface area contributed by atoms with E-state index in [9.17, 15) is 4.79 Å². The molecule has 0 radical (unpaired) electrons. The Labute approximate surface area is 127 Å². The summed E-state index contributed by atoms with van der Waals surface area (Å²) < 4.78 is 0. The summed E-state index contributed by atoms with van der Waals surface area (Å²) in [6.45, 7) is 1.29. The Morgan fingerprint density at radius 2 is 2.48 bits per heavy atom. The maximum Gasteiger partial charge on any atom is 0.320 e. The van der Waals surface area contributed by atoms with Crippen LogP contribution in [0.4, 0.5) is 0 Å². The molecule has 1 atom stereocenters. The predicted molar refractivity (Wildman–Crippen MR) is 82.8 cm³/mol. The van der Waals surface area contributed by atoms with Gasteiger partial charge in [-0.05, 0) is 43.7 Å². The van der Waals surface area contributed by atoms with Gasteiger partial charge in [-0.3, -0.25) is 20.1 Å². The van der Waals surface area contributed by atoms with Crippen molar-refractivity contribution in [2.75, 3.05) is 6.54 Å². The summed E-state index contributed by atoms with van der Waals surface area (Å²) in [5, 5.41) is 13.1. The first kappa shape index (κ1) is 15.3. The van der Waals surface area contributed by atoms with Crippen molar-refractivity contribution < 1.29 is 9.90 Å². The van der Waals surface area contributed by atoms with Crippen LogP contribution in [0.2, 0.25) is 0 Å². The molecule has 0 unspecified atom stereocenters. The van der Waals surface area contributed by atoms with Gasteiger partial charge in [0.1, 0.15) is 6.04 Å². The van der Waals surface area contributed by atoms with E-state index >= 15 is 0 Å².